The van der Waals surface area contributed by atoms with Crippen molar-refractivity contribution < 1.29 is 19.1 Å². The molecule has 1 unspecified atom stereocenters. The Hall–Kier alpha value is -3.39. The summed E-state index contributed by atoms with van der Waals surface area (Å²) in [5, 5.41) is 5.73. The second-order valence-corrected chi connectivity index (χ2v) is 9.33. The van der Waals surface area contributed by atoms with Crippen LogP contribution in [0.5, 0.6) is 5.75 Å². The highest BCUT2D eigenvalue weighted by molar-refractivity contribution is 6.13. The van der Waals surface area contributed by atoms with Gasteiger partial charge < -0.3 is 21.1 Å². The second-order valence-electron chi connectivity index (χ2n) is 9.33. The Labute approximate surface area is 194 Å². The van der Waals surface area contributed by atoms with Crippen LogP contribution in [-0.4, -0.2) is 43.5 Å². The summed E-state index contributed by atoms with van der Waals surface area (Å²) in [6.07, 6.45) is 0. The van der Waals surface area contributed by atoms with Gasteiger partial charge in [0.05, 0.1) is 11.4 Å². The molecule has 3 amide bonds. The van der Waals surface area contributed by atoms with Crippen LogP contribution in [0.1, 0.15) is 38.1 Å². The van der Waals surface area contributed by atoms with Crippen LogP contribution in [0.25, 0.3) is 0 Å². The van der Waals surface area contributed by atoms with Crippen LogP contribution in [0.15, 0.2) is 48.5 Å². The molecule has 0 spiro atoms. The van der Waals surface area contributed by atoms with Crippen molar-refractivity contribution in [1.82, 2.24) is 5.32 Å². The van der Waals surface area contributed by atoms with E-state index in [0.29, 0.717) is 35.8 Å². The summed E-state index contributed by atoms with van der Waals surface area (Å²) in [6, 6.07) is 13.3. The Morgan fingerprint density at radius 3 is 2.52 bits per heavy atom. The number of para-hydroxylation sites is 1. The Morgan fingerprint density at radius 2 is 1.88 bits per heavy atom. The summed E-state index contributed by atoms with van der Waals surface area (Å²) in [5.74, 6) is -0.464. The van der Waals surface area contributed by atoms with Crippen LogP contribution < -0.4 is 26.0 Å². The number of nitrogens with two attached hydrogens (primary N) is 1. The van der Waals surface area contributed by atoms with Crippen LogP contribution in [0.3, 0.4) is 0 Å². The van der Waals surface area contributed by atoms with Crippen molar-refractivity contribution in [1.29, 1.82) is 0 Å². The first kappa shape index (κ1) is 24.3. The predicted octanol–water partition coefficient (Wildman–Crippen LogP) is 2.79. The molecule has 1 atom stereocenters. The smallest absolute Gasteiger partial charge is 0.265 e. The molecule has 1 aliphatic heterocycles. The molecule has 2 aromatic rings. The van der Waals surface area contributed by atoms with Gasteiger partial charge in [-0.1, -0.05) is 45.9 Å². The monoisotopic (exact) mass is 452 g/mol. The lowest BCUT2D eigenvalue weighted by molar-refractivity contribution is -0.126. The summed E-state index contributed by atoms with van der Waals surface area (Å²) in [5.41, 5.74) is 6.84. The highest BCUT2D eigenvalue weighted by Crippen LogP contribution is 2.35. The van der Waals surface area contributed by atoms with Gasteiger partial charge in [-0.05, 0) is 48.2 Å². The normalized spacial score (nSPS) is 15.6. The Bertz CT molecular complexity index is 1020. The van der Waals surface area contributed by atoms with E-state index in [4.69, 9.17) is 10.5 Å². The maximum atomic E-state index is 13.2. The van der Waals surface area contributed by atoms with Crippen LogP contribution in [0.2, 0.25) is 0 Å². The van der Waals surface area contributed by atoms with Gasteiger partial charge in [0.25, 0.3) is 11.8 Å². The first-order chi connectivity index (χ1) is 15.6. The van der Waals surface area contributed by atoms with Gasteiger partial charge in [0.15, 0.2) is 6.61 Å². The number of hydrogen-bond acceptors (Lipinski definition) is 5. The number of fused-ring (bicyclic) bond motifs is 1. The second kappa shape index (κ2) is 10.0. The predicted molar refractivity (Wildman–Crippen MR) is 128 cm³/mol. The van der Waals surface area contributed by atoms with Crippen molar-refractivity contribution in [2.45, 2.75) is 33.7 Å². The summed E-state index contributed by atoms with van der Waals surface area (Å²) in [6.45, 7) is 8.34. The van der Waals surface area contributed by atoms with Crippen molar-refractivity contribution in [2.75, 3.05) is 29.9 Å². The highest BCUT2D eigenvalue weighted by Gasteiger charge is 2.39. The number of ether oxygens (including phenoxy) is 1. The highest BCUT2D eigenvalue weighted by atomic mass is 16.5. The molecule has 8 nitrogen and oxygen atoms in total. The van der Waals surface area contributed by atoms with Crippen LogP contribution in [0, 0.1) is 11.3 Å². The Morgan fingerprint density at radius 1 is 1.18 bits per heavy atom. The molecule has 1 heterocycles. The third kappa shape index (κ3) is 5.70. The number of amides is 3. The number of nitrogens with one attached hydrogen (secondary N) is 2. The number of hydrogen-bond donors (Lipinski definition) is 3. The minimum absolute atomic E-state index is 0.125. The van der Waals surface area contributed by atoms with E-state index in [0.717, 1.165) is 0 Å². The van der Waals surface area contributed by atoms with E-state index in [-0.39, 0.29) is 35.7 Å². The van der Waals surface area contributed by atoms with E-state index in [9.17, 15) is 14.4 Å². The third-order valence-corrected chi connectivity index (χ3v) is 5.61. The van der Waals surface area contributed by atoms with Crippen molar-refractivity contribution in [3.05, 3.63) is 54.1 Å². The molecule has 0 fully saturated rings. The fraction of sp³-hybridized carbons (Fsp3) is 0.400. The molecule has 2 aromatic carbocycles. The van der Waals surface area contributed by atoms with Gasteiger partial charge in [-0.2, -0.15) is 0 Å². The van der Waals surface area contributed by atoms with Crippen molar-refractivity contribution in [3.8, 4) is 5.75 Å². The quantitative estimate of drug-likeness (QED) is 0.570. The third-order valence-electron chi connectivity index (χ3n) is 5.61. The average Bonchev–Trinajstić information content (AvgIpc) is 2.80. The molecule has 0 aliphatic carbocycles. The minimum atomic E-state index is -0.686. The standard InChI is InChI=1S/C25H32N4O4/c1-16(2)22-24(32)28-19-12-17(23(31)27-15-25(3,4)14-26)10-11-20(19)29(22)21(30)13-33-18-8-6-5-7-9-18/h5-12,16,22H,13-15,26H2,1-4H3,(H,27,31)(H,28,32). The molecule has 0 aromatic heterocycles. The first-order valence-corrected chi connectivity index (χ1v) is 11.1. The zero-order chi connectivity index (χ0) is 24.2. The zero-order valence-electron chi connectivity index (χ0n) is 19.6. The van der Waals surface area contributed by atoms with E-state index < -0.39 is 6.04 Å². The zero-order valence-corrected chi connectivity index (χ0v) is 19.6. The number of carbonyl (C=O) groups excluding carboxylic acids is 3. The van der Waals surface area contributed by atoms with E-state index in [1.54, 1.807) is 30.3 Å². The fourth-order valence-electron chi connectivity index (χ4n) is 3.58. The molecule has 0 saturated carbocycles. The van der Waals surface area contributed by atoms with Crippen molar-refractivity contribution in [2.24, 2.45) is 17.1 Å². The van der Waals surface area contributed by atoms with Gasteiger partial charge in [0.2, 0.25) is 5.91 Å². The first-order valence-electron chi connectivity index (χ1n) is 11.1. The Balaban J connectivity index is 1.85. The molecule has 8 heteroatoms. The van der Waals surface area contributed by atoms with Crippen LogP contribution in [-0.2, 0) is 9.59 Å². The molecule has 3 rings (SSSR count). The van der Waals surface area contributed by atoms with Crippen LogP contribution >= 0.6 is 0 Å². The molecule has 4 N–H and O–H groups in total. The van der Waals surface area contributed by atoms with E-state index in [2.05, 4.69) is 10.6 Å². The summed E-state index contributed by atoms with van der Waals surface area (Å²) >= 11 is 0. The van der Waals surface area contributed by atoms with E-state index >= 15 is 0 Å². The topological polar surface area (TPSA) is 114 Å². The lowest BCUT2D eigenvalue weighted by atomic mass is 9.93. The van der Waals surface area contributed by atoms with Crippen molar-refractivity contribution in [3.63, 3.8) is 0 Å². The van der Waals surface area contributed by atoms with Gasteiger partial charge in [-0.3, -0.25) is 19.3 Å². The largest absolute Gasteiger partial charge is 0.484 e. The lowest BCUT2D eigenvalue weighted by Gasteiger charge is -2.38. The number of carbonyl (C=O) groups is 3. The van der Waals surface area contributed by atoms with E-state index in [1.165, 1.54) is 4.90 Å². The molecule has 0 radical (unpaired) electrons. The molecule has 0 bridgehead atoms. The average molecular weight is 453 g/mol. The number of anilines is 2. The summed E-state index contributed by atoms with van der Waals surface area (Å²) < 4.78 is 5.64. The summed E-state index contributed by atoms with van der Waals surface area (Å²) in [7, 11) is 0. The maximum absolute atomic E-state index is 13.2. The molecule has 33 heavy (non-hydrogen) atoms. The van der Waals surface area contributed by atoms with Crippen molar-refractivity contribution >= 4 is 29.1 Å². The SMILES string of the molecule is CC(C)C1C(=O)Nc2cc(C(=O)NCC(C)(C)CN)ccc2N1C(=O)COc1ccccc1. The van der Waals surface area contributed by atoms with Gasteiger partial charge in [0.1, 0.15) is 11.8 Å². The van der Waals surface area contributed by atoms with Gasteiger partial charge in [-0.15, -0.1) is 0 Å². The van der Waals surface area contributed by atoms with Gasteiger partial charge >= 0.3 is 0 Å². The van der Waals surface area contributed by atoms with E-state index in [1.807, 2.05) is 45.9 Å². The van der Waals surface area contributed by atoms with Gasteiger partial charge in [0, 0.05) is 12.1 Å². The lowest BCUT2D eigenvalue weighted by Crippen LogP contribution is -2.54. The number of nitrogens with zero attached hydrogens (tertiary/aromatic N) is 1. The van der Waals surface area contributed by atoms with Crippen LogP contribution in [0.4, 0.5) is 11.4 Å². The molecular weight excluding hydrogens is 420 g/mol. The number of benzene rings is 2. The fourth-order valence-corrected chi connectivity index (χ4v) is 3.58. The van der Waals surface area contributed by atoms with Gasteiger partial charge in [-0.25, -0.2) is 0 Å². The molecule has 0 saturated heterocycles. The molecule has 176 valence electrons. The summed E-state index contributed by atoms with van der Waals surface area (Å²) in [4.78, 5) is 40.2. The Kier molecular flexibility index (Phi) is 7.38. The molecular formula is C25H32N4O4. The maximum Gasteiger partial charge on any atom is 0.265 e. The number of rotatable bonds is 8. The molecule has 1 aliphatic rings. The minimum Gasteiger partial charge on any atom is -0.484 e.